The lowest BCUT2D eigenvalue weighted by molar-refractivity contribution is 0.0941. The summed E-state index contributed by atoms with van der Waals surface area (Å²) in [6.45, 7) is 6.73. The molecule has 27 heavy (non-hydrogen) atoms. The van der Waals surface area contributed by atoms with E-state index in [0.29, 0.717) is 18.2 Å². The van der Waals surface area contributed by atoms with Gasteiger partial charge in [0.25, 0.3) is 5.91 Å². The van der Waals surface area contributed by atoms with Gasteiger partial charge >= 0.3 is 0 Å². The summed E-state index contributed by atoms with van der Waals surface area (Å²) in [5.41, 5.74) is 3.91. The van der Waals surface area contributed by atoms with Gasteiger partial charge in [-0.25, -0.2) is 4.98 Å². The van der Waals surface area contributed by atoms with E-state index in [1.165, 1.54) is 5.56 Å². The number of aromatic nitrogens is 2. The van der Waals surface area contributed by atoms with Crippen LogP contribution in [0.3, 0.4) is 0 Å². The number of hydrogen-bond donors (Lipinski definition) is 2. The number of pyridine rings is 1. The number of piperidine rings is 1. The van der Waals surface area contributed by atoms with Crippen molar-refractivity contribution < 1.29 is 4.79 Å². The number of carbonyl (C=O) groups is 1. The highest BCUT2D eigenvalue weighted by atomic mass is 16.1. The average Bonchev–Trinajstić information content (AvgIpc) is 3.03. The van der Waals surface area contributed by atoms with E-state index in [1.54, 1.807) is 0 Å². The molecule has 1 unspecified atom stereocenters. The first-order valence-electron chi connectivity index (χ1n) is 9.65. The van der Waals surface area contributed by atoms with Crippen molar-refractivity contribution in [1.29, 1.82) is 0 Å². The summed E-state index contributed by atoms with van der Waals surface area (Å²) in [4.78, 5) is 22.8. The van der Waals surface area contributed by atoms with Gasteiger partial charge in [-0.2, -0.15) is 0 Å². The van der Waals surface area contributed by atoms with Gasteiger partial charge in [0, 0.05) is 36.7 Å². The molecule has 5 nitrogen and oxygen atoms in total. The van der Waals surface area contributed by atoms with Crippen molar-refractivity contribution in [3.8, 4) is 0 Å². The number of anilines is 1. The molecule has 1 aliphatic heterocycles. The molecule has 0 bridgehead atoms. The summed E-state index contributed by atoms with van der Waals surface area (Å²) in [5, 5.41) is 4.26. The minimum absolute atomic E-state index is 0.0173. The Morgan fingerprint density at radius 3 is 3.00 bits per heavy atom. The summed E-state index contributed by atoms with van der Waals surface area (Å²) < 4.78 is 0. The largest absolute Gasteiger partial charge is 0.356 e. The lowest BCUT2D eigenvalue weighted by Gasteiger charge is -2.33. The number of H-pyrrole nitrogens is 1. The zero-order valence-corrected chi connectivity index (χ0v) is 16.0. The number of aryl methyl sites for hydroxylation is 2. The summed E-state index contributed by atoms with van der Waals surface area (Å²) in [6, 6.07) is 12.2. The van der Waals surface area contributed by atoms with E-state index in [-0.39, 0.29) is 5.91 Å². The summed E-state index contributed by atoms with van der Waals surface area (Å²) in [6.07, 6.45) is 4.09. The van der Waals surface area contributed by atoms with Crippen molar-refractivity contribution in [2.24, 2.45) is 5.92 Å². The topological polar surface area (TPSA) is 61.0 Å². The molecule has 1 fully saturated rings. The molecule has 1 aliphatic rings. The van der Waals surface area contributed by atoms with E-state index in [4.69, 9.17) is 0 Å². The Morgan fingerprint density at radius 1 is 1.30 bits per heavy atom. The molecule has 1 aromatic carbocycles. The maximum absolute atomic E-state index is 12.7. The normalized spacial score (nSPS) is 17.3. The number of nitrogens with zero attached hydrogens (tertiary/aromatic N) is 2. The quantitative estimate of drug-likeness (QED) is 0.742. The van der Waals surface area contributed by atoms with Gasteiger partial charge in [0.15, 0.2) is 0 Å². The number of hydrogen-bond acceptors (Lipinski definition) is 3. The lowest BCUT2D eigenvalue weighted by atomic mass is 9.98. The zero-order valence-electron chi connectivity index (χ0n) is 16.0. The molecule has 3 aromatic rings. The number of fused-ring (bicyclic) bond motifs is 1. The molecule has 2 N–H and O–H groups in total. The molecule has 5 heteroatoms. The van der Waals surface area contributed by atoms with Gasteiger partial charge in [-0.05, 0) is 62.4 Å². The van der Waals surface area contributed by atoms with Gasteiger partial charge < -0.3 is 15.2 Å². The van der Waals surface area contributed by atoms with Gasteiger partial charge in [0.1, 0.15) is 11.5 Å². The highest BCUT2D eigenvalue weighted by Gasteiger charge is 2.22. The smallest absolute Gasteiger partial charge is 0.268 e. The van der Waals surface area contributed by atoms with Crippen molar-refractivity contribution in [3.05, 3.63) is 59.4 Å². The molecule has 140 valence electrons. The number of benzene rings is 1. The lowest BCUT2D eigenvalue weighted by Crippen LogP contribution is -2.41. The van der Waals surface area contributed by atoms with Gasteiger partial charge in [-0.15, -0.1) is 0 Å². The Morgan fingerprint density at radius 2 is 2.19 bits per heavy atom. The van der Waals surface area contributed by atoms with Crippen molar-refractivity contribution in [1.82, 2.24) is 15.3 Å². The molecule has 3 heterocycles. The van der Waals surface area contributed by atoms with Gasteiger partial charge in [0.05, 0.1) is 0 Å². The minimum atomic E-state index is -0.0173. The SMILES string of the molecule is Cc1ccc2[nH]c(C(=O)NCC3CCCN(c4ccccn4)C3)c(C)c2c1. The number of amides is 1. The second-order valence-electron chi connectivity index (χ2n) is 7.53. The van der Waals surface area contributed by atoms with Crippen LogP contribution in [0.25, 0.3) is 10.9 Å². The van der Waals surface area contributed by atoms with Crippen molar-refractivity contribution in [3.63, 3.8) is 0 Å². The Hall–Kier alpha value is -2.82. The highest BCUT2D eigenvalue weighted by Crippen LogP contribution is 2.24. The number of carbonyl (C=O) groups excluding carboxylic acids is 1. The molecule has 0 saturated carbocycles. The molecule has 2 aromatic heterocycles. The minimum Gasteiger partial charge on any atom is -0.356 e. The Kier molecular flexibility index (Phi) is 4.84. The van der Waals surface area contributed by atoms with Crippen LogP contribution < -0.4 is 10.2 Å². The van der Waals surface area contributed by atoms with Gasteiger partial charge in [-0.1, -0.05) is 17.7 Å². The van der Waals surface area contributed by atoms with Crippen LogP contribution in [0.4, 0.5) is 5.82 Å². The predicted molar refractivity (Wildman–Crippen MR) is 109 cm³/mol. The van der Waals surface area contributed by atoms with E-state index in [1.807, 2.05) is 31.3 Å². The van der Waals surface area contributed by atoms with Crippen LogP contribution in [0.2, 0.25) is 0 Å². The van der Waals surface area contributed by atoms with E-state index in [9.17, 15) is 4.79 Å². The summed E-state index contributed by atoms with van der Waals surface area (Å²) in [7, 11) is 0. The molecule has 1 amide bonds. The third-order valence-corrected chi connectivity index (χ3v) is 5.48. The van der Waals surface area contributed by atoms with Crippen LogP contribution in [0.15, 0.2) is 42.6 Å². The fraction of sp³-hybridized carbons (Fsp3) is 0.364. The number of nitrogens with one attached hydrogen (secondary N) is 2. The van der Waals surface area contributed by atoms with Gasteiger partial charge in [-0.3, -0.25) is 4.79 Å². The molecule has 4 rings (SSSR count). The first kappa shape index (κ1) is 17.6. The van der Waals surface area contributed by atoms with Gasteiger partial charge in [0.2, 0.25) is 0 Å². The van der Waals surface area contributed by atoms with Crippen LogP contribution >= 0.6 is 0 Å². The maximum atomic E-state index is 12.7. The van der Waals surface area contributed by atoms with Crippen molar-refractivity contribution in [2.45, 2.75) is 26.7 Å². The average molecular weight is 362 g/mol. The first-order valence-corrected chi connectivity index (χ1v) is 9.65. The van der Waals surface area contributed by atoms with Crippen LogP contribution in [0.5, 0.6) is 0 Å². The number of aromatic amines is 1. The second-order valence-corrected chi connectivity index (χ2v) is 7.53. The molecule has 1 saturated heterocycles. The molecular weight excluding hydrogens is 336 g/mol. The third-order valence-electron chi connectivity index (χ3n) is 5.48. The van der Waals surface area contributed by atoms with E-state index in [0.717, 1.165) is 48.2 Å². The monoisotopic (exact) mass is 362 g/mol. The van der Waals surface area contributed by atoms with Crippen LogP contribution in [-0.4, -0.2) is 35.5 Å². The molecule has 0 aliphatic carbocycles. The van der Waals surface area contributed by atoms with Crippen LogP contribution in [0.1, 0.15) is 34.5 Å². The van der Waals surface area contributed by atoms with Crippen LogP contribution in [-0.2, 0) is 0 Å². The fourth-order valence-electron chi connectivity index (χ4n) is 3.97. The molecule has 1 atom stereocenters. The van der Waals surface area contributed by atoms with Crippen molar-refractivity contribution >= 4 is 22.6 Å². The highest BCUT2D eigenvalue weighted by molar-refractivity contribution is 6.01. The molecular formula is C22H26N4O. The summed E-state index contributed by atoms with van der Waals surface area (Å²) >= 11 is 0. The van der Waals surface area contributed by atoms with E-state index >= 15 is 0 Å². The third kappa shape index (κ3) is 3.68. The van der Waals surface area contributed by atoms with E-state index in [2.05, 4.69) is 45.3 Å². The Balaban J connectivity index is 1.41. The van der Waals surface area contributed by atoms with Crippen molar-refractivity contribution in [2.75, 3.05) is 24.5 Å². The second kappa shape index (κ2) is 7.43. The summed E-state index contributed by atoms with van der Waals surface area (Å²) in [5.74, 6) is 1.45. The first-order chi connectivity index (χ1) is 13.1. The molecule has 0 spiro atoms. The predicted octanol–water partition coefficient (Wildman–Crippen LogP) is 3.83. The fourth-order valence-corrected chi connectivity index (χ4v) is 3.97. The van der Waals surface area contributed by atoms with E-state index < -0.39 is 0 Å². The number of rotatable bonds is 4. The standard InChI is InChI=1S/C22H26N4O/c1-15-8-9-19-18(12-15)16(2)21(25-19)22(27)24-13-17-6-5-11-26(14-17)20-7-3-4-10-23-20/h3-4,7-10,12,17,25H,5-6,11,13-14H2,1-2H3,(H,24,27). The molecule has 0 radical (unpaired) electrons. The van der Waals surface area contributed by atoms with Crippen LogP contribution in [0, 0.1) is 19.8 Å². The Bertz CT molecular complexity index is 948. The Labute approximate surface area is 159 Å². The zero-order chi connectivity index (χ0) is 18.8. The maximum Gasteiger partial charge on any atom is 0.268 e.